The summed E-state index contributed by atoms with van der Waals surface area (Å²) < 4.78 is 0. The van der Waals surface area contributed by atoms with Gasteiger partial charge in [0, 0.05) is 5.69 Å². The summed E-state index contributed by atoms with van der Waals surface area (Å²) in [6.07, 6.45) is -0.525. The minimum Gasteiger partial charge on any atom is -0.330 e. The molecule has 166 valence electrons. The number of anilines is 3. The third-order valence-corrected chi connectivity index (χ3v) is 6.35. The second-order valence-corrected chi connectivity index (χ2v) is 9.12. The van der Waals surface area contributed by atoms with Crippen LogP contribution < -0.4 is 10.6 Å². The molecule has 0 spiro atoms. The van der Waals surface area contributed by atoms with Gasteiger partial charge in [-0.25, -0.2) is 4.98 Å². The van der Waals surface area contributed by atoms with Crippen LogP contribution in [0.15, 0.2) is 42.5 Å². The molecule has 1 amide bonds. The molecule has 3 rings (SSSR count). The Kier molecular flexibility index (Phi) is 7.43. The molecule has 3 aromatic rings. The zero-order chi connectivity index (χ0) is 23.4. The van der Waals surface area contributed by atoms with Gasteiger partial charge in [-0.2, -0.15) is 0 Å². The second-order valence-electron chi connectivity index (χ2n) is 7.71. The molecule has 6 nitrogen and oxygen atoms in total. The Labute approximate surface area is 196 Å². The van der Waals surface area contributed by atoms with E-state index in [-0.39, 0.29) is 5.92 Å². The van der Waals surface area contributed by atoms with Crippen molar-refractivity contribution in [2.45, 2.75) is 40.0 Å². The van der Waals surface area contributed by atoms with Gasteiger partial charge in [-0.05, 0) is 43.0 Å². The fourth-order valence-electron chi connectivity index (χ4n) is 3.22. The van der Waals surface area contributed by atoms with Gasteiger partial charge in [-0.3, -0.25) is 14.4 Å². The Morgan fingerprint density at radius 1 is 1.06 bits per heavy atom. The van der Waals surface area contributed by atoms with Gasteiger partial charge in [0.25, 0.3) is 5.91 Å². The zero-order valence-corrected chi connectivity index (χ0v) is 19.9. The van der Waals surface area contributed by atoms with Crippen LogP contribution in [-0.4, -0.2) is 22.5 Å². The van der Waals surface area contributed by atoms with Crippen LogP contribution in [-0.2, 0) is 9.59 Å². The molecule has 32 heavy (non-hydrogen) atoms. The number of aromatic nitrogens is 1. The van der Waals surface area contributed by atoms with Gasteiger partial charge >= 0.3 is 0 Å². The quantitative estimate of drug-likeness (QED) is 0.238. The summed E-state index contributed by atoms with van der Waals surface area (Å²) in [7, 11) is 0. The van der Waals surface area contributed by atoms with Crippen molar-refractivity contribution in [3.05, 3.63) is 69.2 Å². The summed E-state index contributed by atoms with van der Waals surface area (Å²) in [5.74, 6) is -1.86. The fraction of sp³-hybridized carbons (Fsp3) is 0.250. The van der Waals surface area contributed by atoms with Crippen molar-refractivity contribution in [1.29, 1.82) is 0 Å². The monoisotopic (exact) mass is 469 g/mol. The van der Waals surface area contributed by atoms with E-state index in [4.69, 9.17) is 11.6 Å². The number of carbonyl (C=O) groups is 3. The molecule has 0 saturated carbocycles. The lowest BCUT2D eigenvalue weighted by Crippen LogP contribution is -2.26. The molecule has 1 heterocycles. The van der Waals surface area contributed by atoms with Crippen molar-refractivity contribution in [3.8, 4) is 0 Å². The lowest BCUT2D eigenvalue weighted by molar-refractivity contribution is -0.134. The highest BCUT2D eigenvalue weighted by molar-refractivity contribution is 7.17. The van der Waals surface area contributed by atoms with E-state index < -0.39 is 23.9 Å². The maximum absolute atomic E-state index is 12.7. The van der Waals surface area contributed by atoms with E-state index in [9.17, 15) is 14.4 Å². The molecule has 0 aliphatic rings. The van der Waals surface area contributed by atoms with Crippen molar-refractivity contribution < 1.29 is 14.4 Å². The summed E-state index contributed by atoms with van der Waals surface area (Å²) in [5.41, 5.74) is 3.57. The number of benzene rings is 2. The van der Waals surface area contributed by atoms with Crippen molar-refractivity contribution >= 4 is 56.9 Å². The van der Waals surface area contributed by atoms with Crippen LogP contribution >= 0.6 is 22.9 Å². The molecular formula is C24H24ClN3O3S. The molecule has 2 N–H and O–H groups in total. The molecule has 0 atom stereocenters. The summed E-state index contributed by atoms with van der Waals surface area (Å²) >= 11 is 7.28. The van der Waals surface area contributed by atoms with Crippen molar-refractivity contribution in [3.63, 3.8) is 0 Å². The highest BCUT2D eigenvalue weighted by atomic mass is 35.5. The van der Waals surface area contributed by atoms with Gasteiger partial charge < -0.3 is 10.6 Å². The topological polar surface area (TPSA) is 88.2 Å². The van der Waals surface area contributed by atoms with E-state index in [1.807, 2.05) is 51.1 Å². The minimum absolute atomic E-state index is 0.172. The first-order chi connectivity index (χ1) is 15.2. The Bertz CT molecular complexity index is 1190. The number of rotatable bonds is 8. The average Bonchev–Trinajstić information content (AvgIpc) is 3.11. The maximum Gasteiger partial charge on any atom is 0.292 e. The smallest absolute Gasteiger partial charge is 0.292 e. The van der Waals surface area contributed by atoms with Crippen molar-refractivity contribution in [2.24, 2.45) is 0 Å². The number of nitrogens with zero attached hydrogens (tertiary/aromatic N) is 1. The number of aryl methyl sites for hydroxylation is 2. The normalized spacial score (nSPS) is 10.8. The number of hydrogen-bond donors (Lipinski definition) is 2. The maximum atomic E-state index is 12.7. The van der Waals surface area contributed by atoms with Gasteiger partial charge in [0.2, 0.25) is 5.78 Å². The zero-order valence-electron chi connectivity index (χ0n) is 18.3. The Morgan fingerprint density at radius 3 is 2.47 bits per heavy atom. The Hall–Kier alpha value is -3.03. The van der Waals surface area contributed by atoms with Gasteiger partial charge in [0.15, 0.2) is 10.9 Å². The number of Topliss-reactive ketones (excluding diaryl/α,β-unsaturated/α-hetero) is 2. The summed E-state index contributed by atoms with van der Waals surface area (Å²) in [6, 6.07) is 12.9. The van der Waals surface area contributed by atoms with Gasteiger partial charge in [-0.1, -0.05) is 67.1 Å². The van der Waals surface area contributed by atoms with Gasteiger partial charge in [0.1, 0.15) is 0 Å². The van der Waals surface area contributed by atoms with Crippen LogP contribution in [0.3, 0.4) is 0 Å². The van der Waals surface area contributed by atoms with E-state index in [0.29, 0.717) is 32.1 Å². The molecule has 0 aliphatic carbocycles. The third kappa shape index (κ3) is 5.41. The minimum atomic E-state index is -0.800. The predicted molar refractivity (Wildman–Crippen MR) is 129 cm³/mol. The lowest BCUT2D eigenvalue weighted by Gasteiger charge is -2.16. The molecular weight excluding hydrogens is 446 g/mol. The number of para-hydroxylation sites is 2. The van der Waals surface area contributed by atoms with Crippen LogP contribution in [0.2, 0.25) is 5.02 Å². The Morgan fingerprint density at radius 2 is 1.78 bits per heavy atom. The summed E-state index contributed by atoms with van der Waals surface area (Å²) in [5, 5.41) is 6.78. The first kappa shape index (κ1) is 23.6. The van der Waals surface area contributed by atoms with E-state index in [2.05, 4.69) is 15.6 Å². The van der Waals surface area contributed by atoms with E-state index in [1.54, 1.807) is 19.1 Å². The average molecular weight is 470 g/mol. The van der Waals surface area contributed by atoms with Crippen LogP contribution in [0.4, 0.5) is 16.5 Å². The largest absolute Gasteiger partial charge is 0.330 e. The van der Waals surface area contributed by atoms with Crippen LogP contribution in [0.1, 0.15) is 52.7 Å². The number of ketones is 2. The predicted octanol–water partition coefficient (Wildman–Crippen LogP) is 6.06. The number of halogens is 1. The van der Waals surface area contributed by atoms with Gasteiger partial charge in [-0.15, -0.1) is 0 Å². The number of nitrogens with one attached hydrogen (secondary N) is 2. The highest BCUT2D eigenvalue weighted by Gasteiger charge is 2.24. The van der Waals surface area contributed by atoms with E-state index in [1.165, 1.54) is 0 Å². The lowest BCUT2D eigenvalue weighted by atomic mass is 9.98. The van der Waals surface area contributed by atoms with Gasteiger partial charge in [0.05, 0.1) is 27.7 Å². The van der Waals surface area contributed by atoms with Crippen LogP contribution in [0.25, 0.3) is 0 Å². The molecule has 0 fully saturated rings. The molecule has 0 unspecified atom stereocenters. The van der Waals surface area contributed by atoms with E-state index in [0.717, 1.165) is 22.5 Å². The number of amides is 1. The molecule has 8 heteroatoms. The van der Waals surface area contributed by atoms with Crippen molar-refractivity contribution in [2.75, 3.05) is 10.6 Å². The van der Waals surface area contributed by atoms with E-state index >= 15 is 0 Å². The summed E-state index contributed by atoms with van der Waals surface area (Å²) in [6.45, 7) is 7.58. The first-order valence-corrected chi connectivity index (χ1v) is 11.3. The first-order valence-electron chi connectivity index (χ1n) is 10.1. The highest BCUT2D eigenvalue weighted by Crippen LogP contribution is 2.30. The molecule has 0 saturated heterocycles. The summed E-state index contributed by atoms with van der Waals surface area (Å²) in [4.78, 5) is 42.4. The Balaban J connectivity index is 1.70. The molecule has 1 aromatic heterocycles. The SMILES string of the molecule is Cc1cccc(C(C)C)c1NC(=O)C(=O)CC(=O)c1sc(Nc2ccccc2Cl)nc1C. The molecule has 2 aromatic carbocycles. The van der Waals surface area contributed by atoms with Crippen LogP contribution in [0.5, 0.6) is 0 Å². The number of thiazole rings is 1. The fourth-order valence-corrected chi connectivity index (χ4v) is 4.32. The number of carbonyl (C=O) groups excluding carboxylic acids is 3. The standard InChI is InChI=1S/C24H24ClN3O3S/c1-13(2)16-9-7-8-14(3)21(16)28-23(31)20(30)12-19(29)22-15(4)26-24(32-22)27-18-11-6-5-10-17(18)25/h5-11,13H,12H2,1-4H3,(H,26,27)(H,28,31). The van der Waals surface area contributed by atoms with Crippen LogP contribution in [0, 0.1) is 13.8 Å². The van der Waals surface area contributed by atoms with Crippen molar-refractivity contribution in [1.82, 2.24) is 4.98 Å². The molecule has 0 bridgehead atoms. The molecule has 0 radical (unpaired) electrons. The number of hydrogen-bond acceptors (Lipinski definition) is 6. The molecule has 0 aliphatic heterocycles. The third-order valence-electron chi connectivity index (χ3n) is 4.91. The second kappa shape index (κ2) is 10.1.